The number of nitrogens with zero attached hydrogens (tertiary/aromatic N) is 4. The third-order valence-electron chi connectivity index (χ3n) is 3.42. The maximum absolute atomic E-state index is 12.4. The Hall–Kier alpha value is -1.43. The number of carbonyl (C=O) groups is 1. The maximum atomic E-state index is 12.4. The highest BCUT2D eigenvalue weighted by molar-refractivity contribution is 5.90. The molecule has 2 rings (SSSR count). The average molecular weight is 265 g/mol. The van der Waals surface area contributed by atoms with E-state index in [9.17, 15) is 4.79 Å². The van der Waals surface area contributed by atoms with E-state index >= 15 is 0 Å². The summed E-state index contributed by atoms with van der Waals surface area (Å²) in [6.07, 6.45) is 2.30. The van der Waals surface area contributed by atoms with E-state index in [-0.39, 0.29) is 11.9 Å². The summed E-state index contributed by atoms with van der Waals surface area (Å²) >= 11 is 0. The van der Waals surface area contributed by atoms with Crippen LogP contribution in [0.15, 0.2) is 0 Å². The van der Waals surface area contributed by atoms with Crippen molar-refractivity contribution in [3.05, 3.63) is 11.6 Å². The van der Waals surface area contributed by atoms with E-state index < -0.39 is 0 Å². The molecule has 1 atom stereocenters. The van der Waals surface area contributed by atoms with Crippen molar-refractivity contribution in [2.45, 2.75) is 38.6 Å². The number of amides is 1. The number of nitrogens with one attached hydrogen (secondary N) is 1. The van der Waals surface area contributed by atoms with Crippen molar-refractivity contribution in [2.75, 3.05) is 27.2 Å². The number of aromatic amines is 1. The normalized spacial score (nSPS) is 16.7. The monoisotopic (exact) mass is 265 g/mol. The second-order valence-corrected chi connectivity index (χ2v) is 5.52. The van der Waals surface area contributed by atoms with E-state index in [1.807, 2.05) is 25.9 Å². The molecule has 0 aliphatic heterocycles. The van der Waals surface area contributed by atoms with E-state index in [4.69, 9.17) is 0 Å². The minimum atomic E-state index is -0.0833. The van der Waals surface area contributed by atoms with E-state index in [2.05, 4.69) is 27.0 Å². The van der Waals surface area contributed by atoms with Crippen molar-refractivity contribution < 1.29 is 4.79 Å². The molecule has 0 saturated heterocycles. The molecule has 1 aromatic rings. The predicted octanol–water partition coefficient (Wildman–Crippen LogP) is 1.09. The summed E-state index contributed by atoms with van der Waals surface area (Å²) < 4.78 is 0. The average Bonchev–Trinajstić information content (AvgIpc) is 3.07. The molecule has 1 saturated carbocycles. The number of hydrogen-bond donors (Lipinski definition) is 1. The summed E-state index contributed by atoms with van der Waals surface area (Å²) in [5.74, 6) is 1.57. The molecule has 0 spiro atoms. The van der Waals surface area contributed by atoms with E-state index in [1.165, 1.54) is 0 Å². The predicted molar refractivity (Wildman–Crippen MR) is 73.1 cm³/mol. The van der Waals surface area contributed by atoms with Crippen molar-refractivity contribution in [3.8, 4) is 0 Å². The summed E-state index contributed by atoms with van der Waals surface area (Å²) in [5, 5.41) is 6.96. The molecule has 1 aliphatic carbocycles. The van der Waals surface area contributed by atoms with Gasteiger partial charge in [0.2, 0.25) is 5.82 Å². The van der Waals surface area contributed by atoms with Gasteiger partial charge in [-0.25, -0.2) is 4.98 Å². The van der Waals surface area contributed by atoms with Crippen molar-refractivity contribution in [3.63, 3.8) is 0 Å². The number of likely N-dealkylation sites (N-methyl/N-ethyl adjacent to an activating group) is 2. The number of hydrogen-bond acceptors (Lipinski definition) is 4. The third-order valence-corrected chi connectivity index (χ3v) is 3.42. The van der Waals surface area contributed by atoms with Gasteiger partial charge in [0.1, 0.15) is 5.82 Å². The number of H-pyrrole nitrogens is 1. The number of rotatable bonds is 6. The molecule has 19 heavy (non-hydrogen) atoms. The van der Waals surface area contributed by atoms with Crippen LogP contribution in [0.3, 0.4) is 0 Å². The second kappa shape index (κ2) is 5.69. The van der Waals surface area contributed by atoms with Crippen LogP contribution in [0.1, 0.15) is 49.1 Å². The Morgan fingerprint density at radius 2 is 2.16 bits per heavy atom. The van der Waals surface area contributed by atoms with Crippen LogP contribution >= 0.6 is 0 Å². The summed E-state index contributed by atoms with van der Waals surface area (Å²) in [7, 11) is 4.01. The molecule has 0 radical (unpaired) electrons. The van der Waals surface area contributed by atoms with Gasteiger partial charge in [0, 0.05) is 25.0 Å². The lowest BCUT2D eigenvalue weighted by Gasteiger charge is -2.29. The lowest BCUT2D eigenvalue weighted by Crippen LogP contribution is -2.44. The first-order chi connectivity index (χ1) is 9.02. The summed E-state index contributed by atoms with van der Waals surface area (Å²) in [6.45, 7) is 5.54. The highest BCUT2D eigenvalue weighted by Crippen LogP contribution is 2.37. The van der Waals surface area contributed by atoms with Crippen LogP contribution in [-0.4, -0.2) is 64.1 Å². The van der Waals surface area contributed by atoms with Crippen LogP contribution in [0.4, 0.5) is 0 Å². The van der Waals surface area contributed by atoms with Crippen LogP contribution in [-0.2, 0) is 0 Å². The van der Waals surface area contributed by atoms with Gasteiger partial charge in [0.15, 0.2) is 0 Å². The molecule has 1 N–H and O–H groups in total. The van der Waals surface area contributed by atoms with Gasteiger partial charge in [-0.05, 0) is 40.8 Å². The molecule has 106 valence electrons. The molecular weight excluding hydrogens is 242 g/mol. The van der Waals surface area contributed by atoms with Gasteiger partial charge in [0.05, 0.1) is 0 Å². The van der Waals surface area contributed by atoms with Gasteiger partial charge in [-0.1, -0.05) is 0 Å². The second-order valence-electron chi connectivity index (χ2n) is 5.52. The topological polar surface area (TPSA) is 65.1 Å². The minimum absolute atomic E-state index is 0.0833. The first kappa shape index (κ1) is 14.0. The molecule has 1 amide bonds. The molecule has 6 heteroatoms. The molecule has 0 bridgehead atoms. The van der Waals surface area contributed by atoms with E-state index in [0.717, 1.165) is 25.2 Å². The maximum Gasteiger partial charge on any atom is 0.293 e. The molecule has 1 aliphatic rings. The quantitative estimate of drug-likeness (QED) is 0.836. The minimum Gasteiger partial charge on any atom is -0.332 e. The molecule has 1 unspecified atom stereocenters. The molecule has 1 aromatic heterocycles. The first-order valence-corrected chi connectivity index (χ1v) is 6.91. The lowest BCUT2D eigenvalue weighted by molar-refractivity contribution is 0.0667. The first-order valence-electron chi connectivity index (χ1n) is 6.91. The van der Waals surface area contributed by atoms with Crippen LogP contribution in [0.25, 0.3) is 0 Å². The van der Waals surface area contributed by atoms with Crippen molar-refractivity contribution in [2.24, 2.45) is 0 Å². The molecule has 6 nitrogen and oxygen atoms in total. The Balaban J connectivity index is 2.05. The van der Waals surface area contributed by atoms with Gasteiger partial charge in [-0.2, -0.15) is 0 Å². The molecule has 1 heterocycles. The highest BCUT2D eigenvalue weighted by Gasteiger charge is 2.30. The van der Waals surface area contributed by atoms with Gasteiger partial charge in [0.25, 0.3) is 5.91 Å². The molecule has 0 aromatic carbocycles. The molecular formula is C13H23N5O. The zero-order valence-electron chi connectivity index (χ0n) is 12.2. The number of aromatic nitrogens is 3. The van der Waals surface area contributed by atoms with Crippen molar-refractivity contribution >= 4 is 5.91 Å². The fourth-order valence-corrected chi connectivity index (χ4v) is 2.32. The number of carbonyl (C=O) groups excluding carboxylic acids is 1. The van der Waals surface area contributed by atoms with Gasteiger partial charge < -0.3 is 9.80 Å². The van der Waals surface area contributed by atoms with Crippen LogP contribution in [0.2, 0.25) is 0 Å². The fraction of sp³-hybridized carbons (Fsp3) is 0.769. The standard InChI is InChI=1S/C13H23N5O/c1-5-18(9(2)8-17(3)4)13(19)12-14-11(15-16-12)10-6-7-10/h9-10H,5-8H2,1-4H3,(H,14,15,16). The van der Waals surface area contributed by atoms with Gasteiger partial charge in [-0.3, -0.25) is 9.89 Å². The zero-order chi connectivity index (χ0) is 14.0. The Morgan fingerprint density at radius 1 is 1.47 bits per heavy atom. The van der Waals surface area contributed by atoms with Crippen LogP contribution in [0.5, 0.6) is 0 Å². The van der Waals surface area contributed by atoms with Crippen molar-refractivity contribution in [1.29, 1.82) is 0 Å². The summed E-state index contributed by atoms with van der Waals surface area (Å²) in [4.78, 5) is 20.6. The SMILES string of the molecule is CCN(C(=O)c1n[nH]c(C2CC2)n1)C(C)CN(C)C. The van der Waals surface area contributed by atoms with Crippen molar-refractivity contribution in [1.82, 2.24) is 25.0 Å². The fourth-order valence-electron chi connectivity index (χ4n) is 2.32. The summed E-state index contributed by atoms with van der Waals surface area (Å²) in [6, 6.07) is 0.148. The van der Waals surface area contributed by atoms with Crippen LogP contribution < -0.4 is 0 Å². The van der Waals surface area contributed by atoms with E-state index in [0.29, 0.717) is 18.3 Å². The Bertz CT molecular complexity index is 438. The summed E-state index contributed by atoms with van der Waals surface area (Å²) in [5.41, 5.74) is 0. The Morgan fingerprint density at radius 3 is 2.68 bits per heavy atom. The largest absolute Gasteiger partial charge is 0.332 e. The smallest absolute Gasteiger partial charge is 0.293 e. The van der Waals surface area contributed by atoms with Gasteiger partial charge in [-0.15, -0.1) is 5.10 Å². The highest BCUT2D eigenvalue weighted by atomic mass is 16.2. The van der Waals surface area contributed by atoms with Gasteiger partial charge >= 0.3 is 0 Å². The Kier molecular flexibility index (Phi) is 4.19. The van der Waals surface area contributed by atoms with Crippen LogP contribution in [0, 0.1) is 0 Å². The third kappa shape index (κ3) is 3.32. The molecule has 1 fully saturated rings. The lowest BCUT2D eigenvalue weighted by atomic mass is 10.2. The van der Waals surface area contributed by atoms with E-state index in [1.54, 1.807) is 0 Å². The zero-order valence-corrected chi connectivity index (χ0v) is 12.2. The Labute approximate surface area is 114 Å².